The van der Waals surface area contributed by atoms with Crippen molar-refractivity contribution in [1.82, 2.24) is 4.98 Å². The first-order valence-corrected chi connectivity index (χ1v) is 4.88. The fourth-order valence-electron chi connectivity index (χ4n) is 1.44. The van der Waals surface area contributed by atoms with Gasteiger partial charge in [-0.15, -0.1) is 0 Å². The number of hydrogen-bond acceptors (Lipinski definition) is 4. The van der Waals surface area contributed by atoms with E-state index in [1.54, 1.807) is 24.3 Å². The molecule has 0 spiro atoms. The molecule has 0 aliphatic heterocycles. The van der Waals surface area contributed by atoms with E-state index in [4.69, 9.17) is 11.1 Å². The van der Waals surface area contributed by atoms with Crippen molar-refractivity contribution in [3.8, 4) is 17.3 Å². The zero-order valence-corrected chi connectivity index (χ0v) is 8.81. The molecule has 1 aromatic carbocycles. The van der Waals surface area contributed by atoms with Crippen LogP contribution >= 0.6 is 0 Å². The molecule has 2 aromatic rings. The Hall–Kier alpha value is -2.45. The molecule has 0 unspecified atom stereocenters. The van der Waals surface area contributed by atoms with Crippen LogP contribution in [-0.2, 0) is 0 Å². The van der Waals surface area contributed by atoms with Gasteiger partial charge in [-0.3, -0.25) is 0 Å². The summed E-state index contributed by atoms with van der Waals surface area (Å²) in [6, 6.07) is 11.2. The van der Waals surface area contributed by atoms with E-state index in [0.29, 0.717) is 17.1 Å². The van der Waals surface area contributed by atoms with Gasteiger partial charge in [0.05, 0.1) is 11.3 Å². The molecule has 0 aliphatic carbocycles. The van der Waals surface area contributed by atoms with Gasteiger partial charge in [-0.05, 0) is 36.4 Å². The molecule has 2 rings (SSSR count). The number of benzene rings is 1. The highest BCUT2D eigenvalue weighted by Crippen LogP contribution is 2.21. The molecule has 4 nitrogen and oxygen atoms in total. The summed E-state index contributed by atoms with van der Waals surface area (Å²) in [6.07, 6.45) is 0. The van der Waals surface area contributed by atoms with Crippen molar-refractivity contribution in [3.05, 3.63) is 47.8 Å². The van der Waals surface area contributed by atoms with Crippen molar-refractivity contribution in [2.24, 2.45) is 5.84 Å². The fourth-order valence-corrected chi connectivity index (χ4v) is 1.44. The van der Waals surface area contributed by atoms with E-state index in [1.165, 1.54) is 12.1 Å². The summed E-state index contributed by atoms with van der Waals surface area (Å²) in [5.41, 5.74) is 4.10. The van der Waals surface area contributed by atoms with Gasteiger partial charge < -0.3 is 5.43 Å². The highest BCUT2D eigenvalue weighted by molar-refractivity contribution is 5.64. The van der Waals surface area contributed by atoms with Crippen LogP contribution in [0.4, 0.5) is 10.2 Å². The normalized spacial score (nSPS) is 9.71. The number of nitrogens with one attached hydrogen (secondary N) is 1. The van der Waals surface area contributed by atoms with Gasteiger partial charge in [-0.1, -0.05) is 0 Å². The van der Waals surface area contributed by atoms with Crippen LogP contribution in [0.5, 0.6) is 0 Å². The van der Waals surface area contributed by atoms with Gasteiger partial charge >= 0.3 is 0 Å². The zero-order valence-electron chi connectivity index (χ0n) is 8.81. The topological polar surface area (TPSA) is 74.7 Å². The Morgan fingerprint density at radius 2 is 1.88 bits per heavy atom. The van der Waals surface area contributed by atoms with Crippen molar-refractivity contribution in [2.75, 3.05) is 5.43 Å². The Labute approximate surface area is 97.5 Å². The molecular weight excluding hydrogens is 219 g/mol. The van der Waals surface area contributed by atoms with Crippen LogP contribution in [0.1, 0.15) is 5.56 Å². The first-order valence-electron chi connectivity index (χ1n) is 4.88. The molecule has 84 valence electrons. The number of rotatable bonds is 2. The number of hydrazine groups is 1. The molecule has 0 aliphatic rings. The van der Waals surface area contributed by atoms with Gasteiger partial charge in [-0.2, -0.15) is 5.26 Å². The molecule has 3 N–H and O–H groups in total. The maximum atomic E-state index is 12.8. The van der Waals surface area contributed by atoms with Gasteiger partial charge in [0, 0.05) is 5.56 Å². The lowest BCUT2D eigenvalue weighted by Crippen LogP contribution is -2.10. The molecule has 5 heteroatoms. The molecule has 0 fully saturated rings. The average molecular weight is 228 g/mol. The number of nitrogens with zero attached hydrogens (tertiary/aromatic N) is 2. The van der Waals surface area contributed by atoms with Gasteiger partial charge in [0.25, 0.3) is 0 Å². The lowest BCUT2D eigenvalue weighted by Gasteiger charge is -2.05. The third-order valence-electron chi connectivity index (χ3n) is 2.29. The number of nitrogens with two attached hydrogens (primary N) is 1. The molecular formula is C12H9FN4. The van der Waals surface area contributed by atoms with Gasteiger partial charge in [-0.25, -0.2) is 15.2 Å². The smallest absolute Gasteiger partial charge is 0.158 e. The number of halogens is 1. The molecule has 1 aromatic heterocycles. The third kappa shape index (κ3) is 2.22. The van der Waals surface area contributed by atoms with E-state index in [9.17, 15) is 4.39 Å². The Morgan fingerprint density at radius 3 is 2.47 bits per heavy atom. The molecule has 0 bridgehead atoms. The predicted octanol–water partition coefficient (Wildman–Crippen LogP) is 2.04. The van der Waals surface area contributed by atoms with Crippen molar-refractivity contribution in [3.63, 3.8) is 0 Å². The number of anilines is 1. The number of pyridine rings is 1. The van der Waals surface area contributed by atoms with Gasteiger partial charge in [0.15, 0.2) is 5.82 Å². The molecule has 1 heterocycles. The Morgan fingerprint density at radius 1 is 1.18 bits per heavy atom. The Kier molecular flexibility index (Phi) is 2.99. The molecule has 0 radical (unpaired) electrons. The second-order valence-electron chi connectivity index (χ2n) is 3.36. The van der Waals surface area contributed by atoms with Crippen LogP contribution in [0, 0.1) is 17.1 Å². The highest BCUT2D eigenvalue weighted by atomic mass is 19.1. The molecule has 0 saturated heterocycles. The predicted molar refractivity (Wildman–Crippen MR) is 62.2 cm³/mol. The summed E-state index contributed by atoms with van der Waals surface area (Å²) < 4.78 is 12.8. The SMILES string of the molecule is N#Cc1ccc(-c2ccc(F)cc2)nc1NN. The van der Waals surface area contributed by atoms with Crippen molar-refractivity contribution in [1.29, 1.82) is 5.26 Å². The summed E-state index contributed by atoms with van der Waals surface area (Å²) >= 11 is 0. The quantitative estimate of drug-likeness (QED) is 0.609. The minimum Gasteiger partial charge on any atom is -0.307 e. The first-order chi connectivity index (χ1) is 8.24. The van der Waals surface area contributed by atoms with Crippen molar-refractivity contribution >= 4 is 5.82 Å². The highest BCUT2D eigenvalue weighted by Gasteiger charge is 2.05. The number of nitrogen functional groups attached to an aromatic ring is 1. The molecule has 17 heavy (non-hydrogen) atoms. The van der Waals surface area contributed by atoms with Crippen molar-refractivity contribution < 1.29 is 4.39 Å². The lowest BCUT2D eigenvalue weighted by atomic mass is 10.1. The second-order valence-corrected chi connectivity index (χ2v) is 3.36. The fraction of sp³-hybridized carbons (Fsp3) is 0. The van der Waals surface area contributed by atoms with E-state index in [-0.39, 0.29) is 5.82 Å². The summed E-state index contributed by atoms with van der Waals surface area (Å²) in [7, 11) is 0. The monoisotopic (exact) mass is 228 g/mol. The average Bonchev–Trinajstić information content (AvgIpc) is 2.39. The number of aromatic nitrogens is 1. The summed E-state index contributed by atoms with van der Waals surface area (Å²) in [5, 5.41) is 8.81. The van der Waals surface area contributed by atoms with E-state index in [2.05, 4.69) is 10.4 Å². The third-order valence-corrected chi connectivity index (χ3v) is 2.29. The van der Waals surface area contributed by atoms with Crippen LogP contribution < -0.4 is 11.3 Å². The van der Waals surface area contributed by atoms with Gasteiger partial charge in [0.2, 0.25) is 0 Å². The molecule has 0 saturated carbocycles. The first kappa shape index (κ1) is 11.0. The van der Waals surface area contributed by atoms with Crippen LogP contribution in [-0.4, -0.2) is 4.98 Å². The molecule has 0 amide bonds. The Balaban J connectivity index is 2.47. The van der Waals surface area contributed by atoms with Crippen molar-refractivity contribution in [2.45, 2.75) is 0 Å². The summed E-state index contributed by atoms with van der Waals surface area (Å²) in [6.45, 7) is 0. The minimum absolute atomic E-state index is 0.300. The Bertz CT molecular complexity index is 572. The van der Waals surface area contributed by atoms with E-state index in [1.807, 2.05) is 6.07 Å². The maximum Gasteiger partial charge on any atom is 0.158 e. The lowest BCUT2D eigenvalue weighted by molar-refractivity contribution is 0.628. The maximum absolute atomic E-state index is 12.8. The van der Waals surface area contributed by atoms with E-state index >= 15 is 0 Å². The second kappa shape index (κ2) is 4.60. The number of nitriles is 1. The van der Waals surface area contributed by atoms with Crippen LogP contribution in [0.2, 0.25) is 0 Å². The molecule has 0 atom stereocenters. The van der Waals surface area contributed by atoms with E-state index in [0.717, 1.165) is 5.56 Å². The number of hydrogen-bond donors (Lipinski definition) is 2. The van der Waals surface area contributed by atoms with E-state index < -0.39 is 0 Å². The standard InChI is InChI=1S/C12H9FN4/c13-10-4-1-8(2-5-10)11-6-3-9(7-14)12(16-11)17-15/h1-6H,15H2,(H,16,17). The van der Waals surface area contributed by atoms with Gasteiger partial charge in [0.1, 0.15) is 11.9 Å². The zero-order chi connectivity index (χ0) is 12.3. The summed E-state index contributed by atoms with van der Waals surface area (Å²) in [5.74, 6) is 5.27. The van der Waals surface area contributed by atoms with Crippen LogP contribution in [0.15, 0.2) is 36.4 Å². The summed E-state index contributed by atoms with van der Waals surface area (Å²) in [4.78, 5) is 4.18. The minimum atomic E-state index is -0.306. The van der Waals surface area contributed by atoms with Crippen LogP contribution in [0.25, 0.3) is 11.3 Å². The largest absolute Gasteiger partial charge is 0.307 e. The van der Waals surface area contributed by atoms with Crippen LogP contribution in [0.3, 0.4) is 0 Å².